The molecular weight excluding hydrogens is 382 g/mol. The molecule has 0 bridgehead atoms. The summed E-state index contributed by atoms with van der Waals surface area (Å²) in [5.41, 5.74) is 1.10. The van der Waals surface area contributed by atoms with Crippen molar-refractivity contribution in [1.82, 2.24) is 13.9 Å². The molecule has 0 radical (unpaired) electrons. The SMILES string of the molecule is COc1ccc(CCCNC(=O)[C@H]2CCCN(S(=O)(=O)N(C)C)C2)cc1OC. The van der Waals surface area contributed by atoms with Crippen LogP contribution < -0.4 is 14.8 Å². The molecule has 1 aliphatic heterocycles. The summed E-state index contributed by atoms with van der Waals surface area (Å²) in [5.74, 6) is 0.998. The molecule has 158 valence electrons. The molecule has 1 N–H and O–H groups in total. The molecule has 1 atom stereocenters. The largest absolute Gasteiger partial charge is 0.493 e. The van der Waals surface area contributed by atoms with E-state index in [-0.39, 0.29) is 18.4 Å². The highest BCUT2D eigenvalue weighted by atomic mass is 32.2. The van der Waals surface area contributed by atoms with Crippen LogP contribution >= 0.6 is 0 Å². The molecule has 9 heteroatoms. The molecule has 0 unspecified atom stereocenters. The van der Waals surface area contributed by atoms with Crippen molar-refractivity contribution in [3.8, 4) is 11.5 Å². The first-order valence-electron chi connectivity index (χ1n) is 9.45. The minimum Gasteiger partial charge on any atom is -0.493 e. The van der Waals surface area contributed by atoms with Crippen molar-refractivity contribution in [3.63, 3.8) is 0 Å². The smallest absolute Gasteiger partial charge is 0.281 e. The van der Waals surface area contributed by atoms with Crippen molar-refractivity contribution in [3.05, 3.63) is 23.8 Å². The molecule has 1 heterocycles. The van der Waals surface area contributed by atoms with E-state index in [0.29, 0.717) is 37.4 Å². The number of ether oxygens (including phenoxy) is 2. The van der Waals surface area contributed by atoms with Crippen molar-refractivity contribution in [1.29, 1.82) is 0 Å². The Balaban J connectivity index is 1.81. The standard InChI is InChI=1S/C19H31N3O5S/c1-21(2)28(24,25)22-12-6-8-16(14-22)19(23)20-11-5-7-15-9-10-17(26-3)18(13-15)27-4/h9-10,13,16H,5-8,11-12,14H2,1-4H3,(H,20,23)/t16-/m0/s1. The summed E-state index contributed by atoms with van der Waals surface area (Å²) >= 11 is 0. The zero-order valence-electron chi connectivity index (χ0n) is 17.1. The predicted molar refractivity (Wildman–Crippen MR) is 108 cm³/mol. The molecule has 2 rings (SSSR count). The number of aryl methyl sites for hydroxylation is 1. The predicted octanol–water partition coefficient (Wildman–Crippen LogP) is 1.27. The van der Waals surface area contributed by atoms with Crippen LogP contribution in [0.1, 0.15) is 24.8 Å². The van der Waals surface area contributed by atoms with Gasteiger partial charge < -0.3 is 14.8 Å². The number of rotatable bonds is 9. The van der Waals surface area contributed by atoms with E-state index in [4.69, 9.17) is 9.47 Å². The fourth-order valence-electron chi connectivity index (χ4n) is 3.28. The summed E-state index contributed by atoms with van der Waals surface area (Å²) in [6.07, 6.45) is 2.98. The molecule has 28 heavy (non-hydrogen) atoms. The number of carbonyl (C=O) groups is 1. The summed E-state index contributed by atoms with van der Waals surface area (Å²) in [6, 6.07) is 5.79. The third-order valence-corrected chi connectivity index (χ3v) is 6.84. The minimum absolute atomic E-state index is 0.0778. The van der Waals surface area contributed by atoms with E-state index < -0.39 is 10.2 Å². The van der Waals surface area contributed by atoms with Crippen molar-refractivity contribution in [2.75, 3.05) is 47.9 Å². The molecular formula is C19H31N3O5S. The second kappa shape index (κ2) is 10.1. The van der Waals surface area contributed by atoms with Gasteiger partial charge in [-0.1, -0.05) is 6.07 Å². The van der Waals surface area contributed by atoms with Crippen molar-refractivity contribution in [2.45, 2.75) is 25.7 Å². The normalized spacial score (nSPS) is 18.1. The first kappa shape index (κ1) is 22.4. The molecule has 0 spiro atoms. The Morgan fingerprint density at radius 2 is 1.96 bits per heavy atom. The van der Waals surface area contributed by atoms with Gasteiger partial charge in [0.2, 0.25) is 5.91 Å². The van der Waals surface area contributed by atoms with Gasteiger partial charge in [0.1, 0.15) is 0 Å². The zero-order valence-corrected chi connectivity index (χ0v) is 17.9. The Kier molecular flexibility index (Phi) is 8.09. The van der Waals surface area contributed by atoms with Crippen molar-refractivity contribution >= 4 is 16.1 Å². The summed E-state index contributed by atoms with van der Waals surface area (Å²) in [6.45, 7) is 1.25. The van der Waals surface area contributed by atoms with Crippen LogP contribution in [0.15, 0.2) is 18.2 Å². The number of nitrogens with one attached hydrogen (secondary N) is 1. The van der Waals surface area contributed by atoms with Crippen LogP contribution in [0.4, 0.5) is 0 Å². The molecule has 0 saturated carbocycles. The molecule has 1 aromatic carbocycles. The van der Waals surface area contributed by atoms with Gasteiger partial charge in [-0.2, -0.15) is 17.0 Å². The Labute approximate surface area is 168 Å². The maximum Gasteiger partial charge on any atom is 0.281 e. The monoisotopic (exact) mass is 413 g/mol. The van der Waals surface area contributed by atoms with Crippen LogP contribution in [0.5, 0.6) is 11.5 Å². The first-order chi connectivity index (χ1) is 13.3. The average Bonchev–Trinajstić information content (AvgIpc) is 2.70. The number of hydrogen-bond donors (Lipinski definition) is 1. The number of amides is 1. The molecule has 0 aromatic heterocycles. The molecule has 0 aliphatic carbocycles. The number of piperidine rings is 1. The number of nitrogens with zero attached hydrogens (tertiary/aromatic N) is 2. The second-order valence-electron chi connectivity index (χ2n) is 7.07. The molecule has 1 aromatic rings. The van der Waals surface area contributed by atoms with Crippen molar-refractivity contribution in [2.24, 2.45) is 5.92 Å². The van der Waals surface area contributed by atoms with Gasteiger partial charge in [-0.3, -0.25) is 4.79 Å². The van der Waals surface area contributed by atoms with Crippen LogP contribution in [-0.4, -0.2) is 70.9 Å². The van der Waals surface area contributed by atoms with Crippen molar-refractivity contribution < 1.29 is 22.7 Å². The van der Waals surface area contributed by atoms with Gasteiger partial charge in [-0.25, -0.2) is 0 Å². The van der Waals surface area contributed by atoms with E-state index in [1.165, 1.54) is 22.7 Å². The number of hydrogen-bond acceptors (Lipinski definition) is 5. The quantitative estimate of drug-likeness (QED) is 0.616. The first-order valence-corrected chi connectivity index (χ1v) is 10.9. The van der Waals surface area contributed by atoms with Gasteiger partial charge in [0.05, 0.1) is 20.1 Å². The van der Waals surface area contributed by atoms with E-state index >= 15 is 0 Å². The number of benzene rings is 1. The van der Waals surface area contributed by atoms with E-state index in [1.54, 1.807) is 14.2 Å². The molecule has 1 saturated heterocycles. The van der Waals surface area contributed by atoms with Gasteiger partial charge >= 0.3 is 0 Å². The maximum absolute atomic E-state index is 12.5. The minimum atomic E-state index is -3.48. The van der Waals surface area contributed by atoms with Gasteiger partial charge in [-0.15, -0.1) is 0 Å². The van der Waals surface area contributed by atoms with Crippen LogP contribution in [0.25, 0.3) is 0 Å². The highest BCUT2D eigenvalue weighted by Gasteiger charge is 2.33. The highest BCUT2D eigenvalue weighted by Crippen LogP contribution is 2.28. The lowest BCUT2D eigenvalue weighted by molar-refractivity contribution is -0.126. The summed E-state index contributed by atoms with van der Waals surface area (Å²) < 4.78 is 37.7. The fraction of sp³-hybridized carbons (Fsp3) is 0.632. The maximum atomic E-state index is 12.5. The van der Waals surface area contributed by atoms with E-state index in [9.17, 15) is 13.2 Å². The average molecular weight is 414 g/mol. The number of carbonyl (C=O) groups excluding carboxylic acids is 1. The van der Waals surface area contributed by atoms with E-state index in [0.717, 1.165) is 18.4 Å². The van der Waals surface area contributed by atoms with E-state index in [1.807, 2.05) is 18.2 Å². The van der Waals surface area contributed by atoms with Gasteiger partial charge in [-0.05, 0) is 43.4 Å². The van der Waals surface area contributed by atoms with Gasteiger partial charge in [0.25, 0.3) is 10.2 Å². The summed E-state index contributed by atoms with van der Waals surface area (Å²) in [4.78, 5) is 12.5. The Hall–Kier alpha value is -1.84. The van der Waals surface area contributed by atoms with Crippen LogP contribution in [0, 0.1) is 5.92 Å². The van der Waals surface area contributed by atoms with Gasteiger partial charge in [0.15, 0.2) is 11.5 Å². The summed E-state index contributed by atoms with van der Waals surface area (Å²) in [7, 11) is 2.74. The lowest BCUT2D eigenvalue weighted by atomic mass is 9.99. The third-order valence-electron chi connectivity index (χ3n) is 4.93. The molecule has 1 amide bonds. The van der Waals surface area contributed by atoms with Crippen LogP contribution in [0.2, 0.25) is 0 Å². The Morgan fingerprint density at radius 3 is 2.61 bits per heavy atom. The topological polar surface area (TPSA) is 88.2 Å². The number of methoxy groups -OCH3 is 2. The lowest BCUT2D eigenvalue weighted by Gasteiger charge is -2.32. The molecule has 8 nitrogen and oxygen atoms in total. The Morgan fingerprint density at radius 1 is 1.25 bits per heavy atom. The van der Waals surface area contributed by atoms with Crippen LogP contribution in [-0.2, 0) is 21.4 Å². The Bertz CT molecular complexity index is 767. The van der Waals surface area contributed by atoms with E-state index in [2.05, 4.69) is 5.32 Å². The van der Waals surface area contributed by atoms with Gasteiger partial charge in [0, 0.05) is 33.7 Å². The summed E-state index contributed by atoms with van der Waals surface area (Å²) in [5, 5.41) is 2.95. The van der Waals surface area contributed by atoms with Crippen LogP contribution in [0.3, 0.4) is 0 Å². The highest BCUT2D eigenvalue weighted by molar-refractivity contribution is 7.86. The molecule has 1 fully saturated rings. The lowest BCUT2D eigenvalue weighted by Crippen LogP contribution is -2.48. The zero-order chi connectivity index (χ0) is 20.7. The second-order valence-corrected chi connectivity index (χ2v) is 9.21. The third kappa shape index (κ3) is 5.59. The fourth-order valence-corrected chi connectivity index (χ4v) is 4.47. The molecule has 1 aliphatic rings.